The van der Waals surface area contributed by atoms with Gasteiger partial charge in [-0.05, 0) is 19.8 Å². The average molecular weight is 226 g/mol. The molecule has 6 nitrogen and oxygen atoms in total. The van der Waals surface area contributed by atoms with Gasteiger partial charge in [0.15, 0.2) is 5.69 Å². The number of aromatic nitrogens is 1. The summed E-state index contributed by atoms with van der Waals surface area (Å²) in [6, 6.07) is 1.39. The van der Waals surface area contributed by atoms with Crippen molar-refractivity contribution in [3.8, 4) is 0 Å². The van der Waals surface area contributed by atoms with Gasteiger partial charge in [0.1, 0.15) is 6.26 Å². The second-order valence-electron chi connectivity index (χ2n) is 3.55. The van der Waals surface area contributed by atoms with Crippen molar-refractivity contribution in [3.63, 3.8) is 0 Å². The molecular formula is C10H14N2O4. The molecular weight excluding hydrogens is 212 g/mol. The van der Waals surface area contributed by atoms with Gasteiger partial charge < -0.3 is 14.9 Å². The summed E-state index contributed by atoms with van der Waals surface area (Å²) in [6.07, 6.45) is 2.60. The highest BCUT2D eigenvalue weighted by atomic mass is 16.5. The monoisotopic (exact) mass is 226 g/mol. The summed E-state index contributed by atoms with van der Waals surface area (Å²) in [5.74, 6) is -1.13. The number of amides is 1. The van der Waals surface area contributed by atoms with Crippen LogP contribution >= 0.6 is 0 Å². The number of carbonyl (C=O) groups is 2. The number of carboxylic acids is 1. The molecule has 1 aromatic rings. The van der Waals surface area contributed by atoms with Crippen molar-refractivity contribution in [1.29, 1.82) is 0 Å². The van der Waals surface area contributed by atoms with Crippen LogP contribution in [0.15, 0.2) is 16.9 Å². The summed E-state index contributed by atoms with van der Waals surface area (Å²) < 4.78 is 4.54. The van der Waals surface area contributed by atoms with Gasteiger partial charge in [-0.3, -0.25) is 9.59 Å². The highest BCUT2D eigenvalue weighted by molar-refractivity contribution is 5.92. The second-order valence-corrected chi connectivity index (χ2v) is 3.55. The maximum absolute atomic E-state index is 11.5. The topological polar surface area (TPSA) is 92.4 Å². The van der Waals surface area contributed by atoms with Crippen molar-refractivity contribution in [1.82, 2.24) is 10.5 Å². The van der Waals surface area contributed by atoms with Gasteiger partial charge in [-0.25, -0.2) is 0 Å². The highest BCUT2D eigenvalue weighted by Gasteiger charge is 2.12. The first kappa shape index (κ1) is 12.2. The number of carboxylic acid groups (broad SMARTS) is 1. The number of carbonyl (C=O) groups excluding carboxylic acids is 1. The molecule has 6 heteroatoms. The Balaban J connectivity index is 2.26. The maximum Gasteiger partial charge on any atom is 0.303 e. The molecule has 0 aliphatic rings. The fourth-order valence-corrected chi connectivity index (χ4v) is 1.26. The Labute approximate surface area is 92.6 Å². The SMILES string of the molecule is CC(CCCC(=O)O)NC(=O)c1ccon1. The highest BCUT2D eigenvalue weighted by Crippen LogP contribution is 2.02. The summed E-state index contributed by atoms with van der Waals surface area (Å²) in [7, 11) is 0. The van der Waals surface area contributed by atoms with Crippen LogP contribution in [-0.4, -0.2) is 28.2 Å². The van der Waals surface area contributed by atoms with Gasteiger partial charge in [-0.2, -0.15) is 0 Å². The number of rotatable bonds is 6. The van der Waals surface area contributed by atoms with E-state index in [-0.39, 0.29) is 24.1 Å². The lowest BCUT2D eigenvalue weighted by Gasteiger charge is -2.11. The molecule has 1 rings (SSSR count). The van der Waals surface area contributed by atoms with E-state index in [1.807, 2.05) is 6.92 Å². The van der Waals surface area contributed by atoms with Gasteiger partial charge in [0.2, 0.25) is 0 Å². The third kappa shape index (κ3) is 4.12. The van der Waals surface area contributed by atoms with Gasteiger partial charge in [-0.1, -0.05) is 5.16 Å². The first-order valence-corrected chi connectivity index (χ1v) is 5.02. The molecule has 16 heavy (non-hydrogen) atoms. The van der Waals surface area contributed by atoms with Crippen molar-refractivity contribution in [2.75, 3.05) is 0 Å². The van der Waals surface area contributed by atoms with E-state index in [9.17, 15) is 9.59 Å². The van der Waals surface area contributed by atoms with Crippen LogP contribution in [0.4, 0.5) is 0 Å². The number of hydrogen-bond donors (Lipinski definition) is 2. The van der Waals surface area contributed by atoms with Crippen molar-refractivity contribution >= 4 is 11.9 Å². The summed E-state index contributed by atoms with van der Waals surface area (Å²) in [4.78, 5) is 21.7. The molecule has 1 aromatic heterocycles. The minimum atomic E-state index is -0.824. The van der Waals surface area contributed by atoms with E-state index in [1.54, 1.807) is 0 Å². The third-order valence-corrected chi connectivity index (χ3v) is 2.08. The zero-order valence-electron chi connectivity index (χ0n) is 8.97. The maximum atomic E-state index is 11.5. The minimum absolute atomic E-state index is 0.0800. The fourth-order valence-electron chi connectivity index (χ4n) is 1.26. The fraction of sp³-hybridized carbons (Fsp3) is 0.500. The molecule has 1 amide bonds. The van der Waals surface area contributed by atoms with Crippen molar-refractivity contribution in [2.45, 2.75) is 32.2 Å². The molecule has 0 saturated heterocycles. The minimum Gasteiger partial charge on any atom is -0.481 e. The predicted molar refractivity (Wildman–Crippen MR) is 54.9 cm³/mol. The molecule has 0 fully saturated rings. The Hall–Kier alpha value is -1.85. The average Bonchev–Trinajstić information content (AvgIpc) is 2.69. The van der Waals surface area contributed by atoms with E-state index in [1.165, 1.54) is 12.3 Å². The van der Waals surface area contributed by atoms with Crippen LogP contribution in [0, 0.1) is 0 Å². The number of aliphatic carboxylic acids is 1. The molecule has 0 radical (unpaired) electrons. The third-order valence-electron chi connectivity index (χ3n) is 2.08. The first-order valence-electron chi connectivity index (χ1n) is 5.02. The molecule has 88 valence electrons. The van der Waals surface area contributed by atoms with Crippen molar-refractivity contribution in [2.24, 2.45) is 0 Å². The standard InChI is InChI=1S/C10H14N2O4/c1-7(3-2-4-9(13)14)11-10(15)8-5-6-16-12-8/h5-7H,2-4H2,1H3,(H,11,15)(H,13,14). The Morgan fingerprint density at radius 1 is 1.62 bits per heavy atom. The van der Waals surface area contributed by atoms with E-state index >= 15 is 0 Å². The Kier molecular flexibility index (Phi) is 4.50. The number of hydrogen-bond acceptors (Lipinski definition) is 4. The molecule has 1 unspecified atom stereocenters. The lowest BCUT2D eigenvalue weighted by atomic mass is 10.1. The molecule has 0 spiro atoms. The smallest absolute Gasteiger partial charge is 0.303 e. The van der Waals surface area contributed by atoms with Gasteiger partial charge in [0.25, 0.3) is 5.91 Å². The molecule has 0 bridgehead atoms. The molecule has 0 saturated carbocycles. The summed E-state index contributed by atoms with van der Waals surface area (Å²) >= 11 is 0. The summed E-state index contributed by atoms with van der Waals surface area (Å²) in [6.45, 7) is 1.82. The van der Waals surface area contributed by atoms with Crippen LogP contribution in [0.2, 0.25) is 0 Å². The Morgan fingerprint density at radius 2 is 2.38 bits per heavy atom. The van der Waals surface area contributed by atoms with Crippen LogP contribution in [0.5, 0.6) is 0 Å². The zero-order chi connectivity index (χ0) is 12.0. The lowest BCUT2D eigenvalue weighted by Crippen LogP contribution is -2.32. The van der Waals surface area contributed by atoms with E-state index in [4.69, 9.17) is 5.11 Å². The quantitative estimate of drug-likeness (QED) is 0.756. The van der Waals surface area contributed by atoms with E-state index in [2.05, 4.69) is 15.0 Å². The van der Waals surface area contributed by atoms with E-state index in [0.29, 0.717) is 12.8 Å². The second kappa shape index (κ2) is 5.89. The zero-order valence-corrected chi connectivity index (χ0v) is 8.97. The molecule has 2 N–H and O–H groups in total. The number of nitrogens with one attached hydrogen (secondary N) is 1. The van der Waals surface area contributed by atoms with Crippen molar-refractivity contribution < 1.29 is 19.2 Å². The Morgan fingerprint density at radius 3 is 2.94 bits per heavy atom. The molecule has 0 aliphatic carbocycles. The first-order chi connectivity index (χ1) is 7.59. The van der Waals surface area contributed by atoms with E-state index in [0.717, 1.165) is 0 Å². The van der Waals surface area contributed by atoms with Crippen LogP contribution < -0.4 is 5.32 Å². The largest absolute Gasteiger partial charge is 0.481 e. The number of nitrogens with zero attached hydrogens (tertiary/aromatic N) is 1. The van der Waals surface area contributed by atoms with Crippen LogP contribution in [0.1, 0.15) is 36.7 Å². The summed E-state index contributed by atoms with van der Waals surface area (Å²) in [5, 5.41) is 14.6. The Bertz CT molecular complexity index is 348. The molecule has 1 heterocycles. The van der Waals surface area contributed by atoms with Crippen LogP contribution in [-0.2, 0) is 4.79 Å². The lowest BCUT2D eigenvalue weighted by molar-refractivity contribution is -0.137. The van der Waals surface area contributed by atoms with Gasteiger partial charge in [0, 0.05) is 18.5 Å². The predicted octanol–water partition coefficient (Wildman–Crippen LogP) is 1.05. The molecule has 0 aromatic carbocycles. The molecule has 1 atom stereocenters. The van der Waals surface area contributed by atoms with Crippen LogP contribution in [0.25, 0.3) is 0 Å². The van der Waals surface area contributed by atoms with Gasteiger partial charge in [-0.15, -0.1) is 0 Å². The summed E-state index contributed by atoms with van der Waals surface area (Å²) in [5.41, 5.74) is 0.227. The van der Waals surface area contributed by atoms with Gasteiger partial charge >= 0.3 is 5.97 Å². The normalized spacial score (nSPS) is 12.1. The van der Waals surface area contributed by atoms with E-state index < -0.39 is 5.97 Å². The van der Waals surface area contributed by atoms with Gasteiger partial charge in [0.05, 0.1) is 0 Å². The van der Waals surface area contributed by atoms with Crippen molar-refractivity contribution in [3.05, 3.63) is 18.0 Å². The molecule has 0 aliphatic heterocycles. The van der Waals surface area contributed by atoms with Crippen LogP contribution in [0.3, 0.4) is 0 Å².